The van der Waals surface area contributed by atoms with E-state index >= 15 is 8.78 Å². The number of hydrogen-bond acceptors (Lipinski definition) is 28. The van der Waals surface area contributed by atoms with E-state index < -0.39 is 171 Å². The molecule has 8 rings (SSSR count). The number of esters is 2. The zero-order valence-corrected chi connectivity index (χ0v) is 80.5. The van der Waals surface area contributed by atoms with Gasteiger partial charge < -0.3 is 93.8 Å². The van der Waals surface area contributed by atoms with E-state index in [-0.39, 0.29) is 107 Å². The number of nitrogens with zero attached hydrogens (tertiary/aromatic N) is 7. The first kappa shape index (κ1) is 110. The number of thiol groups is 1. The summed E-state index contributed by atoms with van der Waals surface area (Å²) in [5, 5.41) is 34.8. The molecule has 0 saturated carbocycles. The summed E-state index contributed by atoms with van der Waals surface area (Å²) in [5.74, 6) is -4.99. The SMILES string of the molecule is CCCCCCCCCCCCCCCCCC(=O)OC[C@H](COC(O)OCCNC(=O)CCCC(=O)N[C@H](C(=O)N[C@@H](C)C(=O)Nc1ccc(COC(=O)N(C)CCCC(=O)Nc2ncnc3c2ncn3[C@@H]2OC3COP(O)(=S)O[C@H]4C(n5cc(F)c6c(=O)[nH]cnc65)OC(COP(=O)(S)O[C@H]3[C@H]2F)[C@H]4O)cc1)C(C)C)OC(=O)CCCCCCCCCCCCCCCCC. The molecule has 7 heterocycles. The fraction of sp³-hybridized carbons (Fsp3) is 0.719. The van der Waals surface area contributed by atoms with Crippen LogP contribution in [-0.2, 0) is 108 Å². The van der Waals surface area contributed by atoms with Crippen molar-refractivity contribution in [3.63, 3.8) is 0 Å². The van der Waals surface area contributed by atoms with Gasteiger partial charge in [0.05, 0.1) is 39.1 Å². The summed E-state index contributed by atoms with van der Waals surface area (Å²) >= 11 is 9.36. The zero-order chi connectivity index (χ0) is 95.4. The molecule has 9 N–H and O–H groups in total. The summed E-state index contributed by atoms with van der Waals surface area (Å²) in [6, 6.07) is 4.28. The van der Waals surface area contributed by atoms with E-state index in [0.717, 1.165) is 72.8 Å². The van der Waals surface area contributed by atoms with Crippen LogP contribution in [0.5, 0.6) is 0 Å². The fourth-order valence-corrected chi connectivity index (χ4v) is 18.4. The van der Waals surface area contributed by atoms with Crippen molar-refractivity contribution in [3.8, 4) is 0 Å². The van der Waals surface area contributed by atoms with E-state index in [1.54, 1.807) is 38.1 Å². The number of H-pyrrole nitrogens is 1. The summed E-state index contributed by atoms with van der Waals surface area (Å²) in [5.41, 5.74) is -0.204. The molecule has 0 spiro atoms. The largest absolute Gasteiger partial charge is 0.462 e. The number of nitrogens with one attached hydrogen (secondary N) is 6. The molecule has 0 radical (unpaired) electrons. The molecule has 37 nitrogen and oxygen atoms in total. The van der Waals surface area contributed by atoms with Crippen molar-refractivity contribution in [2.24, 2.45) is 5.92 Å². The van der Waals surface area contributed by atoms with Crippen LogP contribution in [0.25, 0.3) is 22.2 Å². The van der Waals surface area contributed by atoms with Crippen LogP contribution in [0.3, 0.4) is 0 Å². The van der Waals surface area contributed by atoms with Gasteiger partial charge in [-0.05, 0) is 68.0 Å². The number of hydrogen-bond donors (Lipinski definition) is 10. The first-order chi connectivity index (χ1) is 63.4. The minimum Gasteiger partial charge on any atom is -0.462 e. The van der Waals surface area contributed by atoms with Crippen LogP contribution in [0.4, 0.5) is 25.1 Å². The van der Waals surface area contributed by atoms with E-state index in [4.69, 9.17) is 63.1 Å². The molecule has 3 saturated heterocycles. The van der Waals surface area contributed by atoms with Crippen molar-refractivity contribution in [1.29, 1.82) is 0 Å². The van der Waals surface area contributed by atoms with E-state index in [1.165, 1.54) is 160 Å². The quantitative estimate of drug-likeness (QED) is 0.00431. The topological polar surface area (TPSA) is 474 Å². The molecule has 132 heavy (non-hydrogen) atoms. The number of rotatable bonds is 61. The maximum atomic E-state index is 16.8. The summed E-state index contributed by atoms with van der Waals surface area (Å²) in [4.78, 5) is 149. The van der Waals surface area contributed by atoms with Gasteiger partial charge in [0, 0.05) is 64.1 Å². The third-order valence-electron chi connectivity index (χ3n) is 23.1. The molecule has 43 heteroatoms. The standard InChI is InChI=1S/C89H139F2N13O24P2S2/c1-7-9-11-13-15-17-19-21-23-25-27-29-31-33-35-42-71(108)119-53-64(124-72(109)43-36-34-32-30-28-26-24-22-20-18-16-14-12-10-8-2)54-121-89(115)118-50-48-92-68(105)39-37-40-69(106)100-75(60(3)4)85(113)98-61(5)83(111)99-63-46-44-62(45-47-63)52-120-88(114)102(6)49-38-41-70(107)101-80-76-82(95-57-93-80)104(59-97-76)86-74(91)78-67(126-86)56-123-130(117,132)128-79-77(110)66(55-122-129(116,131)127-78)125-87(79)103-51-65(90)73-81(103)94-58-96-84(73)112/h44-47,51,57-61,64,66-67,74-75,77-79,86-87,89,110,115H,7-43,48-50,52-56H2,1-6H3,(H,92,105)(H,98,113)(H,99,111)(H,100,106)(H,116,131)(H,117,132)(H,94,96,112)(H,93,95,101,107)/t61-,64+,66?,67?,74+,75-,77+,78+,79+,86+,87?,89?,129?,130?/m0/s1. The predicted molar refractivity (Wildman–Crippen MR) is 494 cm³/mol. The Morgan fingerprint density at radius 2 is 1.22 bits per heavy atom. The monoisotopic (exact) mass is 1940 g/mol. The number of aromatic nitrogens is 7. The van der Waals surface area contributed by atoms with Crippen molar-refractivity contribution in [1.82, 2.24) is 54.9 Å². The van der Waals surface area contributed by atoms with Gasteiger partial charge in [0.2, 0.25) is 29.5 Å². The summed E-state index contributed by atoms with van der Waals surface area (Å²) in [6.07, 6.45) is 25.2. The number of alkyl halides is 1. The van der Waals surface area contributed by atoms with Crippen molar-refractivity contribution >= 4 is 119 Å². The van der Waals surface area contributed by atoms with Crippen LogP contribution >= 0.6 is 25.8 Å². The number of imidazole rings is 1. The lowest BCUT2D eigenvalue weighted by Gasteiger charge is -2.27. The number of carbonyl (C=O) groups excluding carboxylic acids is 8. The van der Waals surface area contributed by atoms with Gasteiger partial charge in [-0.1, -0.05) is 232 Å². The second kappa shape index (κ2) is 58.7. The highest BCUT2D eigenvalue weighted by molar-refractivity contribution is 8.44. The lowest BCUT2D eigenvalue weighted by molar-refractivity contribution is -0.271. The van der Waals surface area contributed by atoms with E-state index in [1.807, 2.05) is 0 Å². The van der Waals surface area contributed by atoms with Gasteiger partial charge in [-0.2, -0.15) is 0 Å². The number of anilines is 2. The van der Waals surface area contributed by atoms with Crippen molar-refractivity contribution < 1.29 is 118 Å². The number of carbonyl (C=O) groups is 8. The van der Waals surface area contributed by atoms with Gasteiger partial charge in [0.1, 0.15) is 67.5 Å². The van der Waals surface area contributed by atoms with E-state index in [0.29, 0.717) is 24.1 Å². The molecule has 4 aromatic heterocycles. The first-order valence-electron chi connectivity index (χ1n) is 47.0. The van der Waals surface area contributed by atoms with Crippen LogP contribution < -0.4 is 32.1 Å². The maximum absolute atomic E-state index is 16.8. The summed E-state index contributed by atoms with van der Waals surface area (Å²) in [7, 11) is 1.47. The second-order valence-electron chi connectivity index (χ2n) is 34.3. The molecule has 6 amide bonds. The van der Waals surface area contributed by atoms with Gasteiger partial charge >= 0.3 is 31.5 Å². The minimum absolute atomic E-state index is 0.00987. The molecular formula is C89H139F2N13O24P2S2. The lowest BCUT2D eigenvalue weighted by atomic mass is 10.0. The van der Waals surface area contributed by atoms with Crippen molar-refractivity contribution in [2.45, 2.75) is 353 Å². The number of unbranched alkanes of at least 4 members (excludes halogenated alkanes) is 28. The number of aliphatic hydroxyl groups is 2. The minimum atomic E-state index is -4.62. The molecule has 14 atom stereocenters. The highest BCUT2D eigenvalue weighted by atomic mass is 32.7. The summed E-state index contributed by atoms with van der Waals surface area (Å²) < 4.78 is 110. The molecule has 5 aromatic rings. The summed E-state index contributed by atoms with van der Waals surface area (Å²) in [6.45, 7) is -3.86. The number of halogens is 2. The Morgan fingerprint density at radius 3 is 1.83 bits per heavy atom. The smallest absolute Gasteiger partial charge is 0.409 e. The Hall–Kier alpha value is -7.60. The van der Waals surface area contributed by atoms with Gasteiger partial charge in [-0.3, -0.25) is 56.5 Å². The number of aliphatic hydroxyl groups excluding tert-OH is 2. The normalized spacial score (nSPS) is 21.3. The van der Waals surface area contributed by atoms with E-state index in [2.05, 4.69) is 77.6 Å². The number of benzene rings is 1. The Labute approximate surface area is 781 Å². The van der Waals surface area contributed by atoms with E-state index in [9.17, 15) is 62.8 Å². The molecule has 6 unspecified atom stereocenters. The van der Waals surface area contributed by atoms with Crippen LogP contribution in [-0.4, -0.2) is 216 Å². The molecule has 0 aliphatic carbocycles. The van der Waals surface area contributed by atoms with Crippen LogP contribution in [0.15, 0.2) is 54.2 Å². The predicted octanol–water partition coefficient (Wildman–Crippen LogP) is 14.4. The third kappa shape index (κ3) is 38.2. The third-order valence-corrected chi connectivity index (χ3v) is 26.2. The molecular weight excluding hydrogens is 1800 g/mol. The Kier molecular flexibility index (Phi) is 48.8. The maximum Gasteiger partial charge on any atom is 0.409 e. The molecule has 1 aromatic carbocycles. The molecule has 3 fully saturated rings. The fourth-order valence-electron chi connectivity index (χ4n) is 15.5. The number of amides is 6. The Bertz CT molecular complexity index is 4540. The Morgan fingerprint density at radius 1 is 0.644 bits per heavy atom. The van der Waals surface area contributed by atoms with Gasteiger partial charge in [-0.25, -0.2) is 38.1 Å². The highest BCUT2D eigenvalue weighted by Crippen LogP contribution is 2.59. The van der Waals surface area contributed by atoms with Gasteiger partial charge in [-0.15, -0.1) is 0 Å². The zero-order valence-electron chi connectivity index (χ0n) is 77.0. The van der Waals surface area contributed by atoms with Gasteiger partial charge in [0.15, 0.2) is 53.2 Å². The Balaban J connectivity index is 0.681. The molecule has 740 valence electrons. The number of fused-ring (bicyclic) bond motifs is 5. The highest BCUT2D eigenvalue weighted by Gasteiger charge is 2.54. The van der Waals surface area contributed by atoms with Crippen LogP contribution in [0.2, 0.25) is 0 Å². The molecule has 2 bridgehead atoms. The van der Waals surface area contributed by atoms with Crippen molar-refractivity contribution in [3.05, 3.63) is 71.2 Å². The van der Waals surface area contributed by atoms with Crippen LogP contribution in [0, 0.1) is 11.7 Å². The number of aromatic amines is 1. The molecule has 3 aliphatic heterocycles. The first-order valence-corrected chi connectivity index (χ1v) is 52.3. The number of ether oxygens (including phenoxy) is 7. The second-order valence-corrected chi connectivity index (χ2v) is 40.0. The average Bonchev–Trinajstić information content (AvgIpc) is 1.60. The van der Waals surface area contributed by atoms with Gasteiger partial charge in [0.25, 0.3) is 12.0 Å². The lowest BCUT2D eigenvalue weighted by Crippen LogP contribution is -2.53. The average molecular weight is 1940 g/mol. The van der Waals surface area contributed by atoms with Crippen LogP contribution in [0.1, 0.15) is 290 Å². The molecule has 3 aliphatic rings. The van der Waals surface area contributed by atoms with Crippen molar-refractivity contribution in [2.75, 3.05) is 63.8 Å².